The summed E-state index contributed by atoms with van der Waals surface area (Å²) in [6.07, 6.45) is 2.57. The summed E-state index contributed by atoms with van der Waals surface area (Å²) in [5.74, 6) is -0.368. The van der Waals surface area contributed by atoms with Gasteiger partial charge in [0.25, 0.3) is 0 Å². The number of fused-ring (bicyclic) bond motifs is 7. The molecule has 0 unspecified atom stereocenters. The molecule has 6 aromatic carbocycles. The molecule has 0 spiro atoms. The van der Waals surface area contributed by atoms with Gasteiger partial charge in [-0.3, -0.25) is 4.39 Å². The molecule has 54 heavy (non-hydrogen) atoms. The number of halogens is 1. The van der Waals surface area contributed by atoms with E-state index in [1.54, 1.807) is 36.4 Å². The Morgan fingerprint density at radius 1 is 0.704 bits per heavy atom. The second-order valence-electron chi connectivity index (χ2n) is 13.9. The average molecular weight is 893 g/mol. The van der Waals surface area contributed by atoms with Crippen molar-refractivity contribution in [3.63, 3.8) is 0 Å². The van der Waals surface area contributed by atoms with Gasteiger partial charge in [-0.1, -0.05) is 117 Å². The van der Waals surface area contributed by atoms with Crippen molar-refractivity contribution in [1.29, 1.82) is 0 Å². The van der Waals surface area contributed by atoms with Gasteiger partial charge in [0.05, 0.1) is 6.95 Å². The first kappa shape index (κ1) is 26.3. The smallest absolute Gasteiger partial charge is 0.129 e. The molecular weight excluding hydrogens is 844 g/mol. The number of benzene rings is 6. The molecule has 3 aromatic heterocycles. The third kappa shape index (κ3) is 6.98. The third-order valence-electron chi connectivity index (χ3n) is 9.36. The molecule has 9 rings (SSSR count). The Morgan fingerprint density at radius 2 is 1.50 bits per heavy atom. The zero-order chi connectivity index (χ0) is 45.2. The fourth-order valence-electron chi connectivity index (χ4n) is 6.55. The van der Waals surface area contributed by atoms with Gasteiger partial charge >= 0.3 is 0 Å². The Hall–Kier alpha value is -5.48. The monoisotopic (exact) mass is 893 g/mol. The van der Waals surface area contributed by atoms with E-state index in [1.165, 1.54) is 30.6 Å². The van der Waals surface area contributed by atoms with Crippen molar-refractivity contribution in [2.75, 3.05) is 0 Å². The van der Waals surface area contributed by atoms with E-state index in [0.717, 1.165) is 37.9 Å². The van der Waals surface area contributed by atoms with Crippen LogP contribution < -0.4 is 0 Å². The van der Waals surface area contributed by atoms with Gasteiger partial charge in [-0.2, -0.15) is 0 Å². The number of pyridine rings is 2. The normalized spacial score (nSPS) is 14.9. The fraction of sp³-hybridized carbons (Fsp3) is 0.143. The van der Waals surface area contributed by atoms with Crippen LogP contribution in [0.4, 0.5) is 4.39 Å². The van der Waals surface area contributed by atoms with Gasteiger partial charge in [0, 0.05) is 61.4 Å². The molecule has 0 aliphatic carbocycles. The summed E-state index contributed by atoms with van der Waals surface area (Å²) in [5, 5.41) is 5.96. The Bertz CT molecular complexity index is 3190. The minimum Gasteiger partial charge on any atom is -0.500 e. The van der Waals surface area contributed by atoms with E-state index in [4.69, 9.17) is 18.1 Å². The molecule has 9 aromatic rings. The summed E-state index contributed by atoms with van der Waals surface area (Å²) in [6.45, 7) is -1.54. The quantitative estimate of drug-likeness (QED) is 0.131. The van der Waals surface area contributed by atoms with Gasteiger partial charge < -0.3 is 14.4 Å². The van der Waals surface area contributed by atoms with Gasteiger partial charge in [-0.05, 0) is 86.9 Å². The van der Waals surface area contributed by atoms with Crippen molar-refractivity contribution in [2.24, 2.45) is 0 Å². The number of rotatable bonds is 3. The summed E-state index contributed by atoms with van der Waals surface area (Å²) in [4.78, 5) is 8.59. The standard InChI is InChI=1S/C37H30NO.C12H9FN.Ir/c1-22-19-26(37(3,4)5)16-18-27(22)32-20-33(38-21-23(32)2)31-12-8-11-29-30-17-15-25-14-13-24-9-6-7-10-28(24)34(25)36(30)39-35(29)31;1-9-2-7-12(14-8-9)10-3-5-11(13)6-4-10;/h6-11,13-21H,1-5H3;2-3,5-8H,1H3;/q2*-1;/i1D3,2D3,18D;1D3;. The molecule has 3 heterocycles. The van der Waals surface area contributed by atoms with Gasteiger partial charge in [-0.25, -0.2) is 0 Å². The second-order valence-corrected chi connectivity index (χ2v) is 13.9. The first-order valence-corrected chi connectivity index (χ1v) is 17.1. The van der Waals surface area contributed by atoms with Crippen LogP contribution in [0.25, 0.3) is 77.1 Å². The number of hydrogen-bond donors (Lipinski definition) is 0. The molecule has 1 radical (unpaired) electrons. The van der Waals surface area contributed by atoms with Crippen LogP contribution in [0.15, 0.2) is 132 Å². The van der Waals surface area contributed by atoms with Crippen LogP contribution in [0.5, 0.6) is 0 Å². The largest absolute Gasteiger partial charge is 0.500 e. The molecule has 0 aliphatic rings. The molecular formula is C49H39FIrN2O-2. The van der Waals surface area contributed by atoms with E-state index in [0.29, 0.717) is 33.7 Å². The first-order valence-electron chi connectivity index (χ1n) is 22.1. The zero-order valence-corrected chi connectivity index (χ0v) is 32.0. The number of aromatic nitrogens is 2. The maximum Gasteiger partial charge on any atom is 0.129 e. The van der Waals surface area contributed by atoms with Crippen LogP contribution in [-0.4, -0.2) is 9.97 Å². The molecule has 0 bridgehead atoms. The molecule has 269 valence electrons. The summed E-state index contributed by atoms with van der Waals surface area (Å²) < 4.78 is 100.0. The van der Waals surface area contributed by atoms with Crippen molar-refractivity contribution in [2.45, 2.75) is 46.7 Å². The van der Waals surface area contributed by atoms with Crippen LogP contribution in [0.3, 0.4) is 0 Å². The summed E-state index contributed by atoms with van der Waals surface area (Å²) >= 11 is 0. The predicted octanol–water partition coefficient (Wildman–Crippen LogP) is 13.3. The minimum atomic E-state index is -2.61. The van der Waals surface area contributed by atoms with Gasteiger partial charge in [-0.15, -0.1) is 48.0 Å². The molecule has 0 saturated carbocycles. The van der Waals surface area contributed by atoms with Crippen LogP contribution in [-0.2, 0) is 25.5 Å². The molecule has 0 fully saturated rings. The van der Waals surface area contributed by atoms with Crippen molar-refractivity contribution in [3.05, 3.63) is 168 Å². The predicted molar refractivity (Wildman–Crippen MR) is 218 cm³/mol. The first-order chi connectivity index (χ1) is 29.6. The fourth-order valence-corrected chi connectivity index (χ4v) is 6.55. The maximum absolute atomic E-state index is 12.7. The second kappa shape index (κ2) is 14.7. The summed E-state index contributed by atoms with van der Waals surface area (Å²) in [5.41, 5.74) is 3.73. The SMILES string of the molecule is [2H]C([2H])([2H])c1ccc(-c2[c-]cc(F)cc2)nc1.[2H]c1cc(C(C)(C)C)cc(C([2H])([2H])[2H])c1-c1cc(-c2[c-]ccc3c2oc2c3ccc3ccc4ccccc4c32)ncc1C([2H])([2H])[2H].[Ir]. The Kier molecular flexibility index (Phi) is 7.19. The van der Waals surface area contributed by atoms with Gasteiger partial charge in [0.15, 0.2) is 0 Å². The minimum absolute atomic E-state index is 0. The van der Waals surface area contributed by atoms with Gasteiger partial charge in [0.1, 0.15) is 5.58 Å². The molecule has 0 saturated heterocycles. The van der Waals surface area contributed by atoms with Crippen LogP contribution in [0.2, 0.25) is 0 Å². The van der Waals surface area contributed by atoms with E-state index in [-0.39, 0.29) is 59.8 Å². The zero-order valence-electron chi connectivity index (χ0n) is 39.6. The van der Waals surface area contributed by atoms with Crippen molar-refractivity contribution in [3.8, 4) is 33.6 Å². The molecule has 3 nitrogen and oxygen atoms in total. The number of hydrogen-bond acceptors (Lipinski definition) is 3. The number of nitrogens with zero attached hydrogens (tertiary/aromatic N) is 2. The Balaban J connectivity index is 0.000000286. The molecule has 0 aliphatic heterocycles. The molecule has 0 N–H and O–H groups in total. The summed E-state index contributed by atoms with van der Waals surface area (Å²) in [7, 11) is 0. The maximum atomic E-state index is 12.7. The number of aryl methyl sites for hydroxylation is 3. The van der Waals surface area contributed by atoms with E-state index < -0.39 is 26.0 Å². The Labute approximate surface area is 343 Å². The van der Waals surface area contributed by atoms with Crippen LogP contribution in [0, 0.1) is 38.5 Å². The van der Waals surface area contributed by atoms with Crippen molar-refractivity contribution >= 4 is 43.5 Å². The van der Waals surface area contributed by atoms with E-state index in [2.05, 4.69) is 52.4 Å². The summed E-state index contributed by atoms with van der Waals surface area (Å²) in [6, 6.07) is 37.9. The van der Waals surface area contributed by atoms with E-state index in [1.807, 2.05) is 45.0 Å². The third-order valence-corrected chi connectivity index (χ3v) is 9.36. The average Bonchev–Trinajstić information content (AvgIpc) is 3.61. The van der Waals surface area contributed by atoms with Gasteiger partial charge in [0.2, 0.25) is 0 Å². The van der Waals surface area contributed by atoms with E-state index in [9.17, 15) is 4.39 Å². The van der Waals surface area contributed by atoms with Crippen LogP contribution in [0.1, 0.15) is 56.7 Å². The molecule has 0 atom stereocenters. The van der Waals surface area contributed by atoms with Crippen molar-refractivity contribution < 1.29 is 42.6 Å². The number of furan rings is 1. The topological polar surface area (TPSA) is 38.9 Å². The molecule has 0 amide bonds. The van der Waals surface area contributed by atoms with Crippen LogP contribution >= 0.6 is 0 Å². The molecule has 5 heteroatoms. The Morgan fingerprint density at radius 3 is 2.26 bits per heavy atom. The van der Waals surface area contributed by atoms with Crippen molar-refractivity contribution in [1.82, 2.24) is 9.97 Å². The van der Waals surface area contributed by atoms with E-state index >= 15 is 0 Å².